The fourth-order valence-corrected chi connectivity index (χ4v) is 2.85. The summed E-state index contributed by atoms with van der Waals surface area (Å²) in [5.74, 6) is -1.43. The number of fused-ring (bicyclic) bond motifs is 1. The van der Waals surface area contributed by atoms with Gasteiger partial charge >= 0.3 is 0 Å². The van der Waals surface area contributed by atoms with E-state index in [1.165, 1.54) is 28.7 Å². The molecule has 102 valence electrons. The monoisotopic (exact) mass is 312 g/mol. The molecule has 0 N–H and O–H groups in total. The first-order chi connectivity index (χ1) is 9.56. The third kappa shape index (κ3) is 2.23. The lowest BCUT2D eigenvalue weighted by Gasteiger charge is -2.08. The second kappa shape index (κ2) is 4.99. The smallest absolute Gasteiger partial charge is 0.204 e. The van der Waals surface area contributed by atoms with Crippen LogP contribution in [0.25, 0.3) is 5.78 Å². The van der Waals surface area contributed by atoms with Crippen LogP contribution < -0.4 is 0 Å². The molecule has 0 radical (unpaired) electrons. The fourth-order valence-electron chi connectivity index (χ4n) is 1.65. The first-order valence-corrected chi connectivity index (χ1v) is 6.74. The largest absolute Gasteiger partial charge is 0.254 e. The Hall–Kier alpha value is -1.73. The number of nitrogens with zero attached hydrogens (tertiary/aromatic N) is 4. The Labute approximate surface area is 121 Å². The van der Waals surface area contributed by atoms with Gasteiger partial charge in [0.25, 0.3) is 5.78 Å². The van der Waals surface area contributed by atoms with Crippen molar-refractivity contribution < 1.29 is 8.78 Å². The number of aromatic nitrogens is 4. The number of hydrogen-bond donors (Lipinski definition) is 0. The molecule has 0 bridgehead atoms. The van der Waals surface area contributed by atoms with E-state index >= 15 is 0 Å². The molecule has 0 fully saturated rings. The van der Waals surface area contributed by atoms with Crippen LogP contribution in [-0.2, 0) is 0 Å². The zero-order chi connectivity index (χ0) is 14.3. The van der Waals surface area contributed by atoms with Gasteiger partial charge in [-0.15, -0.1) is 0 Å². The Balaban J connectivity index is 2.11. The molecule has 2 heterocycles. The highest BCUT2D eigenvalue weighted by Crippen LogP contribution is 2.33. The second-order valence-corrected chi connectivity index (χ2v) is 5.40. The van der Waals surface area contributed by atoms with Gasteiger partial charge in [-0.05, 0) is 25.1 Å². The van der Waals surface area contributed by atoms with Gasteiger partial charge in [-0.2, -0.15) is 19.6 Å². The Morgan fingerprint density at radius 3 is 2.80 bits per heavy atom. The van der Waals surface area contributed by atoms with Crippen LogP contribution in [0.3, 0.4) is 0 Å². The van der Waals surface area contributed by atoms with E-state index in [1.54, 1.807) is 6.92 Å². The predicted molar refractivity (Wildman–Crippen MR) is 71.0 cm³/mol. The zero-order valence-electron chi connectivity index (χ0n) is 10.1. The van der Waals surface area contributed by atoms with Gasteiger partial charge in [-0.3, -0.25) is 0 Å². The van der Waals surface area contributed by atoms with Gasteiger partial charge < -0.3 is 0 Å². The normalized spacial score (nSPS) is 11.2. The van der Waals surface area contributed by atoms with Crippen molar-refractivity contribution in [3.63, 3.8) is 0 Å². The molecule has 0 atom stereocenters. The predicted octanol–water partition coefficient (Wildman–Crippen LogP) is 3.52. The number of hydrogen-bond acceptors (Lipinski definition) is 4. The second-order valence-electron chi connectivity index (χ2n) is 3.98. The van der Waals surface area contributed by atoms with E-state index < -0.39 is 11.6 Å². The van der Waals surface area contributed by atoms with Crippen molar-refractivity contribution >= 4 is 29.1 Å². The first kappa shape index (κ1) is 13.3. The third-order valence-corrected chi connectivity index (χ3v) is 4.19. The van der Waals surface area contributed by atoms with Crippen molar-refractivity contribution in [2.45, 2.75) is 16.8 Å². The fraction of sp³-hybridized carbons (Fsp3) is 0.0833. The number of halogens is 3. The lowest BCUT2D eigenvalue weighted by atomic mass is 10.3. The summed E-state index contributed by atoms with van der Waals surface area (Å²) in [4.78, 5) is 8.57. The maximum atomic E-state index is 13.3. The Kier molecular flexibility index (Phi) is 3.31. The van der Waals surface area contributed by atoms with Crippen LogP contribution in [0.15, 0.2) is 34.4 Å². The molecule has 0 saturated heterocycles. The van der Waals surface area contributed by atoms with E-state index in [1.807, 2.05) is 0 Å². The minimum absolute atomic E-state index is 0.301. The summed E-state index contributed by atoms with van der Waals surface area (Å²) in [5, 5.41) is 5.01. The highest BCUT2D eigenvalue weighted by Gasteiger charge is 2.14. The maximum absolute atomic E-state index is 13.3. The summed E-state index contributed by atoms with van der Waals surface area (Å²) < 4.78 is 27.7. The molecule has 8 heteroatoms. The Morgan fingerprint density at radius 2 is 2.05 bits per heavy atom. The topological polar surface area (TPSA) is 43.1 Å². The van der Waals surface area contributed by atoms with Crippen LogP contribution in [-0.4, -0.2) is 19.6 Å². The van der Waals surface area contributed by atoms with Crippen molar-refractivity contribution in [1.29, 1.82) is 0 Å². The van der Waals surface area contributed by atoms with E-state index in [0.29, 0.717) is 26.4 Å². The van der Waals surface area contributed by atoms with E-state index in [0.717, 1.165) is 12.1 Å². The van der Waals surface area contributed by atoms with Gasteiger partial charge in [-0.1, -0.05) is 23.4 Å². The summed E-state index contributed by atoms with van der Waals surface area (Å²) >= 11 is 7.25. The number of benzene rings is 1. The molecule has 1 aromatic carbocycles. The summed E-state index contributed by atoms with van der Waals surface area (Å²) in [7, 11) is 0. The Bertz CT molecular complexity index is 805. The van der Waals surface area contributed by atoms with Crippen LogP contribution in [0.4, 0.5) is 8.78 Å². The van der Waals surface area contributed by atoms with Crippen molar-refractivity contribution in [1.82, 2.24) is 19.6 Å². The summed E-state index contributed by atoms with van der Waals surface area (Å²) in [6.07, 6.45) is 1.35. The highest BCUT2D eigenvalue weighted by molar-refractivity contribution is 7.99. The zero-order valence-corrected chi connectivity index (χ0v) is 11.7. The molecule has 3 aromatic rings. The van der Waals surface area contributed by atoms with Crippen LogP contribution in [0.5, 0.6) is 0 Å². The van der Waals surface area contributed by atoms with Crippen molar-refractivity contribution in [2.75, 3.05) is 0 Å². The quantitative estimate of drug-likeness (QED) is 0.679. The molecule has 20 heavy (non-hydrogen) atoms. The molecule has 0 amide bonds. The minimum atomic E-state index is -0.900. The summed E-state index contributed by atoms with van der Waals surface area (Å²) in [6.45, 7) is 1.78. The Morgan fingerprint density at radius 1 is 1.25 bits per heavy atom. The third-order valence-electron chi connectivity index (χ3n) is 2.66. The van der Waals surface area contributed by atoms with Crippen LogP contribution in [0.1, 0.15) is 5.56 Å². The molecular weight excluding hydrogens is 306 g/mol. The van der Waals surface area contributed by atoms with Crippen molar-refractivity contribution in [3.05, 3.63) is 46.9 Å². The van der Waals surface area contributed by atoms with Gasteiger partial charge in [-0.25, -0.2) is 8.78 Å². The van der Waals surface area contributed by atoms with E-state index in [4.69, 9.17) is 11.6 Å². The molecule has 0 aliphatic rings. The van der Waals surface area contributed by atoms with Crippen molar-refractivity contribution in [3.8, 4) is 0 Å². The molecule has 0 saturated carbocycles. The van der Waals surface area contributed by atoms with Gasteiger partial charge in [0.15, 0.2) is 11.6 Å². The van der Waals surface area contributed by atoms with E-state index in [2.05, 4.69) is 15.1 Å². The lowest BCUT2D eigenvalue weighted by molar-refractivity contribution is 0.506. The lowest BCUT2D eigenvalue weighted by Crippen LogP contribution is -1.99. The molecule has 0 unspecified atom stereocenters. The van der Waals surface area contributed by atoms with Crippen LogP contribution in [0.2, 0.25) is 5.15 Å². The summed E-state index contributed by atoms with van der Waals surface area (Å²) in [5.41, 5.74) is 0.694. The molecular formula is C12H7ClF2N4S. The van der Waals surface area contributed by atoms with Gasteiger partial charge in [0.2, 0.25) is 0 Å². The maximum Gasteiger partial charge on any atom is 0.254 e. The van der Waals surface area contributed by atoms with Gasteiger partial charge in [0, 0.05) is 10.5 Å². The number of rotatable bonds is 2. The SMILES string of the molecule is Cc1c(Cl)nc2ncnn2c1Sc1ccc(F)c(F)c1. The van der Waals surface area contributed by atoms with Crippen LogP contribution >= 0.6 is 23.4 Å². The highest BCUT2D eigenvalue weighted by atomic mass is 35.5. The van der Waals surface area contributed by atoms with Crippen molar-refractivity contribution in [2.24, 2.45) is 0 Å². The van der Waals surface area contributed by atoms with E-state index in [9.17, 15) is 8.78 Å². The van der Waals surface area contributed by atoms with E-state index in [-0.39, 0.29) is 0 Å². The molecule has 0 aliphatic carbocycles. The summed E-state index contributed by atoms with van der Waals surface area (Å²) in [6, 6.07) is 3.69. The molecule has 0 spiro atoms. The van der Waals surface area contributed by atoms with Crippen LogP contribution in [0, 0.1) is 18.6 Å². The molecule has 2 aromatic heterocycles. The average molecular weight is 313 g/mol. The minimum Gasteiger partial charge on any atom is -0.204 e. The molecule has 4 nitrogen and oxygen atoms in total. The first-order valence-electron chi connectivity index (χ1n) is 5.55. The van der Waals surface area contributed by atoms with Gasteiger partial charge in [0.1, 0.15) is 16.5 Å². The average Bonchev–Trinajstić information content (AvgIpc) is 2.87. The standard InChI is InChI=1S/C12H7ClF2N4S/c1-6-10(13)18-12-16-5-17-19(12)11(6)20-7-2-3-8(14)9(15)4-7/h2-5H,1H3. The van der Waals surface area contributed by atoms with Gasteiger partial charge in [0.05, 0.1) is 0 Å². The molecule has 0 aliphatic heterocycles. The molecule has 3 rings (SSSR count).